The number of carboxylic acid groups (broad SMARTS) is 1. The van der Waals surface area contributed by atoms with Crippen molar-refractivity contribution < 1.29 is 14.3 Å². The first kappa shape index (κ1) is 15.9. The lowest BCUT2D eigenvalue weighted by Crippen LogP contribution is -2.40. The zero-order chi connectivity index (χ0) is 17.0. The van der Waals surface area contributed by atoms with E-state index in [4.69, 9.17) is 0 Å². The van der Waals surface area contributed by atoms with Gasteiger partial charge in [-0.15, -0.1) is 0 Å². The number of carboxylic acids is 1. The second kappa shape index (κ2) is 6.62. The summed E-state index contributed by atoms with van der Waals surface area (Å²) in [5.41, 5.74) is -0.0901. The molecule has 3 nitrogen and oxygen atoms in total. The van der Waals surface area contributed by atoms with Crippen molar-refractivity contribution in [2.45, 2.75) is 11.8 Å². The minimum Gasteiger partial charge on any atom is -0.480 e. The van der Waals surface area contributed by atoms with E-state index in [0.717, 1.165) is 0 Å². The molecule has 0 fully saturated rings. The first-order chi connectivity index (χ1) is 11.6. The van der Waals surface area contributed by atoms with Gasteiger partial charge in [0.1, 0.15) is 11.2 Å². The van der Waals surface area contributed by atoms with Crippen LogP contribution >= 0.6 is 0 Å². The van der Waals surface area contributed by atoms with Crippen LogP contribution in [0.4, 0.5) is 4.39 Å². The number of halogens is 1. The summed E-state index contributed by atoms with van der Waals surface area (Å²) < 4.78 is 14.2. The van der Waals surface area contributed by atoms with E-state index >= 15 is 0 Å². The van der Waals surface area contributed by atoms with E-state index in [0.29, 0.717) is 11.1 Å². The molecule has 0 saturated heterocycles. The number of aromatic nitrogens is 1. The smallest absolute Gasteiger partial charge is 0.319 e. The predicted molar refractivity (Wildman–Crippen MR) is 89.2 cm³/mol. The third kappa shape index (κ3) is 2.78. The lowest BCUT2D eigenvalue weighted by molar-refractivity contribution is -0.142. The van der Waals surface area contributed by atoms with Gasteiger partial charge in [-0.25, -0.2) is 4.39 Å². The summed E-state index contributed by atoms with van der Waals surface area (Å²) in [6.45, 7) is 0. The monoisotopic (exact) mass is 321 g/mol. The lowest BCUT2D eigenvalue weighted by Gasteiger charge is -2.30. The van der Waals surface area contributed by atoms with Crippen molar-refractivity contribution >= 4 is 5.97 Å². The largest absolute Gasteiger partial charge is 0.480 e. The molecule has 0 radical (unpaired) electrons. The molecule has 3 aromatic rings. The zero-order valence-corrected chi connectivity index (χ0v) is 12.9. The Balaban J connectivity index is 2.23. The van der Waals surface area contributed by atoms with Crippen LogP contribution in [0, 0.1) is 5.82 Å². The van der Waals surface area contributed by atoms with Crippen molar-refractivity contribution in [3.63, 3.8) is 0 Å². The maximum absolute atomic E-state index is 14.2. The van der Waals surface area contributed by atoms with Crippen molar-refractivity contribution in [1.82, 2.24) is 4.98 Å². The molecule has 4 heteroatoms. The van der Waals surface area contributed by atoms with Gasteiger partial charge < -0.3 is 5.11 Å². The average Bonchev–Trinajstić information content (AvgIpc) is 2.62. The summed E-state index contributed by atoms with van der Waals surface area (Å²) >= 11 is 0. The maximum Gasteiger partial charge on any atom is 0.319 e. The van der Waals surface area contributed by atoms with Gasteiger partial charge in [0.2, 0.25) is 0 Å². The van der Waals surface area contributed by atoms with Gasteiger partial charge >= 0.3 is 5.97 Å². The van der Waals surface area contributed by atoms with E-state index in [1.165, 1.54) is 18.3 Å². The molecule has 0 aliphatic heterocycles. The Morgan fingerprint density at radius 1 is 0.917 bits per heavy atom. The molecule has 2 aromatic carbocycles. The Labute approximate surface area is 139 Å². The molecule has 0 aliphatic rings. The highest BCUT2D eigenvalue weighted by atomic mass is 19.1. The molecule has 0 aliphatic carbocycles. The number of hydrogen-bond acceptors (Lipinski definition) is 2. The van der Waals surface area contributed by atoms with Crippen molar-refractivity contribution in [1.29, 1.82) is 0 Å². The van der Waals surface area contributed by atoms with Crippen LogP contribution in [0.5, 0.6) is 0 Å². The summed E-state index contributed by atoms with van der Waals surface area (Å²) in [5, 5.41) is 10.1. The van der Waals surface area contributed by atoms with Crippen molar-refractivity contribution in [3.8, 4) is 0 Å². The number of carbonyl (C=O) groups is 1. The summed E-state index contributed by atoms with van der Waals surface area (Å²) in [6.07, 6.45) is 1.41. The Morgan fingerprint density at radius 2 is 1.46 bits per heavy atom. The van der Waals surface area contributed by atoms with E-state index in [1.807, 2.05) is 12.1 Å². The minimum absolute atomic E-state index is 0.0664. The first-order valence-corrected chi connectivity index (χ1v) is 7.58. The van der Waals surface area contributed by atoms with Crippen LogP contribution in [-0.2, 0) is 16.6 Å². The van der Waals surface area contributed by atoms with Crippen LogP contribution in [0.3, 0.4) is 0 Å². The molecule has 0 saturated carbocycles. The Bertz CT molecular complexity index is 795. The highest BCUT2D eigenvalue weighted by Crippen LogP contribution is 2.36. The number of aliphatic carboxylic acids is 1. The Hall–Kier alpha value is -3.01. The van der Waals surface area contributed by atoms with Crippen molar-refractivity contribution in [2.75, 3.05) is 0 Å². The summed E-state index contributed by atoms with van der Waals surface area (Å²) in [7, 11) is 0. The average molecular weight is 321 g/mol. The summed E-state index contributed by atoms with van der Waals surface area (Å²) in [5.74, 6) is -1.54. The first-order valence-electron chi connectivity index (χ1n) is 7.58. The third-order valence-electron chi connectivity index (χ3n) is 4.17. The van der Waals surface area contributed by atoms with Crippen LogP contribution in [0.15, 0.2) is 79.0 Å². The van der Waals surface area contributed by atoms with E-state index in [9.17, 15) is 14.3 Å². The van der Waals surface area contributed by atoms with E-state index in [-0.39, 0.29) is 12.1 Å². The van der Waals surface area contributed by atoms with Gasteiger partial charge in [0.25, 0.3) is 0 Å². The van der Waals surface area contributed by atoms with Crippen LogP contribution < -0.4 is 0 Å². The summed E-state index contributed by atoms with van der Waals surface area (Å²) in [6, 6.07) is 20.6. The molecule has 0 bridgehead atoms. The fourth-order valence-corrected chi connectivity index (χ4v) is 2.94. The van der Waals surface area contributed by atoms with Crippen molar-refractivity contribution in [2.24, 2.45) is 0 Å². The molecule has 1 heterocycles. The highest BCUT2D eigenvalue weighted by Gasteiger charge is 2.43. The van der Waals surface area contributed by atoms with Crippen LogP contribution in [0.25, 0.3) is 0 Å². The second-order valence-electron chi connectivity index (χ2n) is 5.55. The lowest BCUT2D eigenvalue weighted by atomic mass is 9.71. The second-order valence-corrected chi connectivity index (χ2v) is 5.55. The zero-order valence-electron chi connectivity index (χ0n) is 12.9. The number of pyridine rings is 1. The SMILES string of the molecule is O=C(O)C(Cc1ncccc1F)(c1ccccc1)c1ccccc1. The van der Waals surface area contributed by atoms with Gasteiger partial charge in [-0.05, 0) is 23.3 Å². The molecule has 24 heavy (non-hydrogen) atoms. The molecule has 0 atom stereocenters. The van der Waals surface area contributed by atoms with Gasteiger partial charge in [-0.2, -0.15) is 0 Å². The quantitative estimate of drug-likeness (QED) is 0.777. The maximum atomic E-state index is 14.2. The molecule has 1 aromatic heterocycles. The van der Waals surface area contributed by atoms with Crippen LogP contribution in [0.2, 0.25) is 0 Å². The van der Waals surface area contributed by atoms with Gasteiger partial charge in [-0.3, -0.25) is 9.78 Å². The normalized spacial score (nSPS) is 11.2. The van der Waals surface area contributed by atoms with Gasteiger partial charge in [0, 0.05) is 12.6 Å². The molecular weight excluding hydrogens is 305 g/mol. The van der Waals surface area contributed by atoms with E-state index in [2.05, 4.69) is 4.98 Å². The Kier molecular flexibility index (Phi) is 4.38. The minimum atomic E-state index is -1.41. The molecule has 0 unspecified atom stereocenters. The molecule has 3 rings (SSSR count). The van der Waals surface area contributed by atoms with Gasteiger partial charge in [0.05, 0.1) is 5.69 Å². The predicted octanol–water partition coefficient (Wildman–Crippen LogP) is 3.83. The third-order valence-corrected chi connectivity index (χ3v) is 4.17. The van der Waals surface area contributed by atoms with Gasteiger partial charge in [0.15, 0.2) is 0 Å². The van der Waals surface area contributed by atoms with Crippen LogP contribution in [0.1, 0.15) is 16.8 Å². The number of hydrogen-bond donors (Lipinski definition) is 1. The molecular formula is C20H16FNO2. The standard InChI is InChI=1S/C20H16FNO2/c21-17-12-7-13-22-18(17)14-20(19(23)24,15-8-3-1-4-9-15)16-10-5-2-6-11-16/h1-13H,14H2,(H,23,24). The number of nitrogens with zero attached hydrogens (tertiary/aromatic N) is 1. The van der Waals surface area contributed by atoms with Gasteiger partial charge in [-0.1, -0.05) is 60.7 Å². The molecule has 1 N–H and O–H groups in total. The molecule has 0 spiro atoms. The topological polar surface area (TPSA) is 50.2 Å². The fourth-order valence-electron chi connectivity index (χ4n) is 2.94. The van der Waals surface area contributed by atoms with E-state index in [1.54, 1.807) is 48.5 Å². The number of benzene rings is 2. The Morgan fingerprint density at radius 3 is 1.92 bits per heavy atom. The molecule has 0 amide bonds. The fraction of sp³-hybridized carbons (Fsp3) is 0.100. The van der Waals surface area contributed by atoms with E-state index < -0.39 is 17.2 Å². The van der Waals surface area contributed by atoms with Crippen LogP contribution in [-0.4, -0.2) is 16.1 Å². The number of rotatable bonds is 5. The van der Waals surface area contributed by atoms with Crippen molar-refractivity contribution in [3.05, 3.63) is 102 Å². The highest BCUT2D eigenvalue weighted by molar-refractivity contribution is 5.86. The summed E-state index contributed by atoms with van der Waals surface area (Å²) in [4.78, 5) is 16.4. The molecule has 120 valence electrons.